The first-order chi connectivity index (χ1) is 14.1. The first-order valence-electron chi connectivity index (χ1n) is 10.5. The first-order valence-corrected chi connectivity index (χ1v) is 12.0. The van der Waals surface area contributed by atoms with Gasteiger partial charge in [0.15, 0.2) is 0 Å². The second kappa shape index (κ2) is 9.21. The van der Waals surface area contributed by atoms with Crippen molar-refractivity contribution in [1.29, 1.82) is 0 Å². The number of benzene rings is 1. The van der Waals surface area contributed by atoms with Gasteiger partial charge in [-0.05, 0) is 30.7 Å². The van der Waals surface area contributed by atoms with Crippen LogP contribution in [0.3, 0.4) is 0 Å². The number of hydrogen-bond acceptors (Lipinski definition) is 6. The van der Waals surface area contributed by atoms with E-state index in [0.717, 1.165) is 31.9 Å². The van der Waals surface area contributed by atoms with Crippen LogP contribution in [0.15, 0.2) is 23.1 Å². The Morgan fingerprint density at radius 3 is 2.30 bits per heavy atom. The second-order valence-corrected chi connectivity index (χ2v) is 11.2. The standard InChI is InChI=1S/C21H34N4O4S/c1-21(2,3)16-20(26)22-18-15-17(30(27,28)25-11-13-29-14-12-25)5-6-19(18)24-9-7-23(4)8-10-24/h5-6,15H,7-14,16H2,1-4H3,(H,22,26). The average molecular weight is 439 g/mol. The topological polar surface area (TPSA) is 82.2 Å². The SMILES string of the molecule is CN1CCN(c2ccc(S(=O)(=O)N3CCOCC3)cc2NC(=O)CC(C)(C)C)CC1. The Labute approximate surface area is 180 Å². The molecule has 9 heteroatoms. The van der Waals surface area contributed by atoms with Crippen LogP contribution < -0.4 is 10.2 Å². The van der Waals surface area contributed by atoms with Gasteiger partial charge in [-0.25, -0.2) is 8.42 Å². The summed E-state index contributed by atoms with van der Waals surface area (Å²) in [5.41, 5.74) is 1.27. The maximum atomic E-state index is 13.1. The van der Waals surface area contributed by atoms with Crippen molar-refractivity contribution in [2.45, 2.75) is 32.1 Å². The van der Waals surface area contributed by atoms with Crippen molar-refractivity contribution in [2.24, 2.45) is 5.41 Å². The number of nitrogens with one attached hydrogen (secondary N) is 1. The Morgan fingerprint density at radius 1 is 1.07 bits per heavy atom. The lowest BCUT2D eigenvalue weighted by molar-refractivity contribution is -0.117. The summed E-state index contributed by atoms with van der Waals surface area (Å²) in [6.07, 6.45) is 0.357. The van der Waals surface area contributed by atoms with Crippen LogP contribution in [-0.2, 0) is 19.6 Å². The van der Waals surface area contributed by atoms with Gasteiger partial charge in [-0.15, -0.1) is 0 Å². The number of anilines is 2. The summed E-state index contributed by atoms with van der Waals surface area (Å²) in [5, 5.41) is 2.99. The van der Waals surface area contributed by atoms with E-state index in [1.807, 2.05) is 26.8 Å². The van der Waals surface area contributed by atoms with Crippen LogP contribution >= 0.6 is 0 Å². The molecular formula is C21H34N4O4S. The third-order valence-corrected chi connectivity index (χ3v) is 7.28. The predicted octanol–water partition coefficient (Wildman–Crippen LogP) is 1.83. The highest BCUT2D eigenvalue weighted by molar-refractivity contribution is 7.89. The Hall–Kier alpha value is -1.68. The minimum Gasteiger partial charge on any atom is -0.379 e. The highest BCUT2D eigenvalue weighted by Gasteiger charge is 2.28. The van der Waals surface area contributed by atoms with Gasteiger partial charge in [-0.2, -0.15) is 4.31 Å². The van der Waals surface area contributed by atoms with Crippen molar-refractivity contribution < 1.29 is 17.9 Å². The molecule has 1 aromatic rings. The average Bonchev–Trinajstić information content (AvgIpc) is 2.68. The number of hydrogen-bond donors (Lipinski definition) is 1. The second-order valence-electron chi connectivity index (χ2n) is 9.27. The molecule has 0 spiro atoms. The monoisotopic (exact) mass is 438 g/mol. The van der Waals surface area contributed by atoms with Crippen molar-refractivity contribution in [3.8, 4) is 0 Å². The van der Waals surface area contributed by atoms with E-state index in [2.05, 4.69) is 22.2 Å². The van der Waals surface area contributed by atoms with Crippen molar-refractivity contribution in [3.63, 3.8) is 0 Å². The van der Waals surface area contributed by atoms with Crippen molar-refractivity contribution >= 4 is 27.3 Å². The molecule has 2 heterocycles. The lowest BCUT2D eigenvalue weighted by Gasteiger charge is -2.35. The van der Waals surface area contributed by atoms with E-state index in [0.29, 0.717) is 38.4 Å². The Bertz CT molecular complexity index is 852. The number of morpholine rings is 1. The summed E-state index contributed by atoms with van der Waals surface area (Å²) >= 11 is 0. The molecular weight excluding hydrogens is 404 g/mol. The van der Waals surface area contributed by atoms with E-state index in [9.17, 15) is 13.2 Å². The van der Waals surface area contributed by atoms with E-state index in [1.54, 1.807) is 12.1 Å². The molecule has 30 heavy (non-hydrogen) atoms. The van der Waals surface area contributed by atoms with Gasteiger partial charge in [0, 0.05) is 45.7 Å². The van der Waals surface area contributed by atoms with Crippen LogP contribution in [-0.4, -0.2) is 83.1 Å². The summed E-state index contributed by atoms with van der Waals surface area (Å²) in [7, 11) is -1.55. The van der Waals surface area contributed by atoms with Gasteiger partial charge >= 0.3 is 0 Å². The molecule has 1 amide bonds. The number of carbonyl (C=O) groups excluding carboxylic acids is 1. The fourth-order valence-electron chi connectivity index (χ4n) is 3.71. The largest absolute Gasteiger partial charge is 0.379 e. The van der Waals surface area contributed by atoms with E-state index in [4.69, 9.17) is 4.74 Å². The zero-order chi connectivity index (χ0) is 21.9. The first kappa shape index (κ1) is 23.0. The van der Waals surface area contributed by atoms with Gasteiger partial charge in [0.25, 0.3) is 0 Å². The van der Waals surface area contributed by atoms with E-state index >= 15 is 0 Å². The van der Waals surface area contributed by atoms with Crippen LogP contribution in [0.4, 0.5) is 11.4 Å². The number of likely N-dealkylation sites (N-methyl/N-ethyl adjacent to an activating group) is 1. The molecule has 0 saturated carbocycles. The van der Waals surface area contributed by atoms with Crippen molar-refractivity contribution in [2.75, 3.05) is 69.7 Å². The maximum Gasteiger partial charge on any atom is 0.243 e. The van der Waals surface area contributed by atoms with Crippen LogP contribution in [0.5, 0.6) is 0 Å². The zero-order valence-corrected chi connectivity index (χ0v) is 19.3. The molecule has 0 unspecified atom stereocenters. The molecule has 168 valence electrons. The van der Waals surface area contributed by atoms with E-state index < -0.39 is 10.0 Å². The van der Waals surface area contributed by atoms with Gasteiger partial charge in [-0.3, -0.25) is 4.79 Å². The molecule has 0 aromatic heterocycles. The van der Waals surface area contributed by atoms with Crippen LogP contribution in [0.1, 0.15) is 27.2 Å². The summed E-state index contributed by atoms with van der Waals surface area (Å²) in [6, 6.07) is 5.09. The highest BCUT2D eigenvalue weighted by Crippen LogP contribution is 2.32. The smallest absolute Gasteiger partial charge is 0.243 e. The number of nitrogens with zero attached hydrogens (tertiary/aromatic N) is 3. The van der Waals surface area contributed by atoms with Crippen LogP contribution in [0, 0.1) is 5.41 Å². The Kier molecular flexibility index (Phi) is 7.06. The van der Waals surface area contributed by atoms with E-state index in [-0.39, 0.29) is 16.2 Å². The van der Waals surface area contributed by atoms with Gasteiger partial charge in [0.05, 0.1) is 29.5 Å². The summed E-state index contributed by atoms with van der Waals surface area (Å²) < 4.78 is 33.0. The summed E-state index contributed by atoms with van der Waals surface area (Å²) in [6.45, 7) is 11.0. The van der Waals surface area contributed by atoms with E-state index in [1.165, 1.54) is 4.31 Å². The molecule has 2 saturated heterocycles. The van der Waals surface area contributed by atoms with Gasteiger partial charge < -0.3 is 19.9 Å². The third-order valence-electron chi connectivity index (χ3n) is 5.38. The molecule has 1 N–H and O–H groups in total. The van der Waals surface area contributed by atoms with Crippen molar-refractivity contribution in [1.82, 2.24) is 9.21 Å². The quantitative estimate of drug-likeness (QED) is 0.755. The predicted molar refractivity (Wildman–Crippen MR) is 118 cm³/mol. The molecule has 3 rings (SSSR count). The minimum absolute atomic E-state index is 0.112. The number of ether oxygens (including phenoxy) is 1. The van der Waals surface area contributed by atoms with Gasteiger partial charge in [0.1, 0.15) is 0 Å². The fraction of sp³-hybridized carbons (Fsp3) is 0.667. The molecule has 0 atom stereocenters. The molecule has 1 aromatic carbocycles. The molecule has 0 bridgehead atoms. The normalized spacial score (nSPS) is 19.7. The Morgan fingerprint density at radius 2 is 1.70 bits per heavy atom. The molecule has 2 fully saturated rings. The lowest BCUT2D eigenvalue weighted by atomic mass is 9.92. The number of piperazine rings is 1. The Balaban J connectivity index is 1.92. The minimum atomic E-state index is -3.64. The van der Waals surface area contributed by atoms with Crippen molar-refractivity contribution in [3.05, 3.63) is 18.2 Å². The summed E-state index contributed by atoms with van der Waals surface area (Å²) in [4.78, 5) is 17.3. The van der Waals surface area contributed by atoms with Gasteiger partial charge in [0.2, 0.25) is 15.9 Å². The molecule has 0 radical (unpaired) electrons. The number of sulfonamides is 1. The fourth-order valence-corrected chi connectivity index (χ4v) is 5.15. The highest BCUT2D eigenvalue weighted by atomic mass is 32.2. The molecule has 2 aliphatic rings. The van der Waals surface area contributed by atoms with Gasteiger partial charge in [-0.1, -0.05) is 20.8 Å². The number of amides is 1. The number of rotatable bonds is 5. The van der Waals surface area contributed by atoms with Crippen LogP contribution in [0.25, 0.3) is 0 Å². The molecule has 2 aliphatic heterocycles. The molecule has 8 nitrogen and oxygen atoms in total. The number of carbonyl (C=O) groups is 1. The lowest BCUT2D eigenvalue weighted by Crippen LogP contribution is -2.44. The molecule has 0 aliphatic carbocycles. The summed E-state index contributed by atoms with van der Waals surface area (Å²) in [5.74, 6) is -0.112. The van der Waals surface area contributed by atoms with Crippen LogP contribution in [0.2, 0.25) is 0 Å². The third kappa shape index (κ3) is 5.72. The maximum absolute atomic E-state index is 13.1. The zero-order valence-electron chi connectivity index (χ0n) is 18.5.